The van der Waals surface area contributed by atoms with E-state index < -0.39 is 12.0 Å². The second-order valence-electron chi connectivity index (χ2n) is 5.09. The molecule has 0 aromatic carbocycles. The molecule has 1 aromatic heterocycles. The summed E-state index contributed by atoms with van der Waals surface area (Å²) in [4.78, 5) is 25.1. The van der Waals surface area contributed by atoms with Crippen LogP contribution in [0.3, 0.4) is 0 Å². The van der Waals surface area contributed by atoms with E-state index in [1.807, 2.05) is 0 Å². The summed E-state index contributed by atoms with van der Waals surface area (Å²) in [5, 5.41) is 15.7. The lowest BCUT2D eigenvalue weighted by molar-refractivity contribution is -0.139. The summed E-state index contributed by atoms with van der Waals surface area (Å²) in [6.07, 6.45) is 4.71. The highest BCUT2D eigenvalue weighted by Gasteiger charge is 2.28. The number of ether oxygens (including phenoxy) is 1. The van der Waals surface area contributed by atoms with Crippen molar-refractivity contribution in [2.45, 2.75) is 25.0 Å². The SMILES string of the molecule is COC1CCN(C(=O)NC(C(=O)O)c2cnn(C)c2)CC1. The molecule has 116 valence electrons. The molecule has 2 rings (SSSR count). The van der Waals surface area contributed by atoms with E-state index in [-0.39, 0.29) is 12.1 Å². The molecule has 21 heavy (non-hydrogen) atoms. The first-order chi connectivity index (χ1) is 10.0. The van der Waals surface area contributed by atoms with E-state index in [1.54, 1.807) is 25.3 Å². The van der Waals surface area contributed by atoms with E-state index in [4.69, 9.17) is 4.74 Å². The molecule has 0 aliphatic carbocycles. The predicted octanol–water partition coefficient (Wildman–Crippen LogP) is 0.366. The Bertz CT molecular complexity index is 508. The third-order valence-corrected chi connectivity index (χ3v) is 3.64. The molecule has 1 unspecified atom stereocenters. The van der Waals surface area contributed by atoms with Crippen LogP contribution < -0.4 is 5.32 Å². The minimum absolute atomic E-state index is 0.169. The third kappa shape index (κ3) is 3.72. The highest BCUT2D eigenvalue weighted by atomic mass is 16.5. The highest BCUT2D eigenvalue weighted by Crippen LogP contribution is 2.16. The molecule has 8 heteroatoms. The molecule has 0 radical (unpaired) electrons. The Labute approximate surface area is 122 Å². The van der Waals surface area contributed by atoms with E-state index in [1.165, 1.54) is 10.9 Å². The lowest BCUT2D eigenvalue weighted by Gasteiger charge is -2.32. The van der Waals surface area contributed by atoms with Gasteiger partial charge in [0.25, 0.3) is 0 Å². The lowest BCUT2D eigenvalue weighted by Crippen LogP contribution is -2.48. The zero-order chi connectivity index (χ0) is 15.4. The molecule has 1 aromatic rings. The fraction of sp³-hybridized carbons (Fsp3) is 0.615. The number of urea groups is 1. The number of carboxylic acids is 1. The zero-order valence-corrected chi connectivity index (χ0v) is 12.2. The van der Waals surface area contributed by atoms with Gasteiger partial charge in [0.1, 0.15) is 0 Å². The van der Waals surface area contributed by atoms with Crippen LogP contribution in [-0.4, -0.2) is 58.1 Å². The van der Waals surface area contributed by atoms with Gasteiger partial charge in [0.2, 0.25) is 0 Å². The molecule has 0 bridgehead atoms. The van der Waals surface area contributed by atoms with Crippen LogP contribution >= 0.6 is 0 Å². The topological polar surface area (TPSA) is 96.7 Å². The van der Waals surface area contributed by atoms with Crippen LogP contribution in [0, 0.1) is 0 Å². The summed E-state index contributed by atoms with van der Waals surface area (Å²) in [7, 11) is 3.35. The molecule has 1 saturated heterocycles. The van der Waals surface area contributed by atoms with Crippen molar-refractivity contribution in [3.8, 4) is 0 Å². The van der Waals surface area contributed by atoms with Gasteiger partial charge in [0.05, 0.1) is 12.3 Å². The molecule has 1 fully saturated rings. The predicted molar refractivity (Wildman–Crippen MR) is 73.7 cm³/mol. The van der Waals surface area contributed by atoms with Gasteiger partial charge in [-0.2, -0.15) is 5.10 Å². The van der Waals surface area contributed by atoms with E-state index >= 15 is 0 Å². The van der Waals surface area contributed by atoms with Gasteiger partial charge in [-0.15, -0.1) is 0 Å². The first-order valence-electron chi connectivity index (χ1n) is 6.81. The summed E-state index contributed by atoms with van der Waals surface area (Å²) in [6, 6.07) is -1.47. The number of aryl methyl sites for hydroxylation is 1. The number of carbonyl (C=O) groups excluding carboxylic acids is 1. The van der Waals surface area contributed by atoms with Gasteiger partial charge in [-0.1, -0.05) is 0 Å². The maximum absolute atomic E-state index is 12.2. The number of nitrogens with zero attached hydrogens (tertiary/aromatic N) is 3. The molecule has 0 saturated carbocycles. The van der Waals surface area contributed by atoms with Crippen LogP contribution in [0.4, 0.5) is 4.79 Å². The number of hydrogen-bond donors (Lipinski definition) is 2. The van der Waals surface area contributed by atoms with Gasteiger partial charge < -0.3 is 20.1 Å². The Balaban J connectivity index is 1.98. The number of carboxylic acid groups (broad SMARTS) is 1. The molecule has 2 amide bonds. The fourth-order valence-electron chi connectivity index (χ4n) is 2.39. The largest absolute Gasteiger partial charge is 0.479 e. The van der Waals surface area contributed by atoms with Crippen molar-refractivity contribution >= 4 is 12.0 Å². The first kappa shape index (κ1) is 15.3. The quantitative estimate of drug-likeness (QED) is 0.836. The van der Waals surface area contributed by atoms with E-state index in [0.29, 0.717) is 18.7 Å². The molecular formula is C13H20N4O4. The van der Waals surface area contributed by atoms with Crippen molar-refractivity contribution in [1.29, 1.82) is 0 Å². The van der Waals surface area contributed by atoms with E-state index in [2.05, 4.69) is 10.4 Å². The van der Waals surface area contributed by atoms with Crippen LogP contribution in [0.25, 0.3) is 0 Å². The zero-order valence-electron chi connectivity index (χ0n) is 12.2. The van der Waals surface area contributed by atoms with Gasteiger partial charge in [-0.3, -0.25) is 4.68 Å². The average Bonchev–Trinajstić information content (AvgIpc) is 2.90. The van der Waals surface area contributed by atoms with Crippen LogP contribution in [0.2, 0.25) is 0 Å². The second kappa shape index (κ2) is 6.57. The first-order valence-corrected chi connectivity index (χ1v) is 6.81. The summed E-state index contributed by atoms with van der Waals surface area (Å²) in [6.45, 7) is 1.12. The number of amides is 2. The summed E-state index contributed by atoms with van der Waals surface area (Å²) >= 11 is 0. The molecule has 2 heterocycles. The number of aromatic nitrogens is 2. The molecule has 1 atom stereocenters. The summed E-state index contributed by atoms with van der Waals surface area (Å²) in [5.74, 6) is -1.11. The Hall–Kier alpha value is -2.09. The third-order valence-electron chi connectivity index (χ3n) is 3.64. The van der Waals surface area contributed by atoms with Crippen molar-refractivity contribution in [1.82, 2.24) is 20.0 Å². The molecule has 0 spiro atoms. The molecule has 8 nitrogen and oxygen atoms in total. The number of carbonyl (C=O) groups is 2. The Morgan fingerprint density at radius 1 is 1.48 bits per heavy atom. The standard InChI is InChI=1S/C13H20N4O4/c1-16-8-9(7-14-16)11(12(18)19)15-13(20)17-5-3-10(21-2)4-6-17/h7-8,10-11H,3-6H2,1-2H3,(H,15,20)(H,18,19). The fourth-order valence-corrected chi connectivity index (χ4v) is 2.39. The number of methoxy groups -OCH3 is 1. The normalized spacial score (nSPS) is 17.5. The van der Waals surface area contributed by atoms with Crippen molar-refractivity contribution < 1.29 is 19.4 Å². The second-order valence-corrected chi connectivity index (χ2v) is 5.09. The van der Waals surface area contributed by atoms with Crippen molar-refractivity contribution in [3.63, 3.8) is 0 Å². The van der Waals surface area contributed by atoms with Gasteiger partial charge >= 0.3 is 12.0 Å². The van der Waals surface area contributed by atoms with E-state index in [0.717, 1.165) is 12.8 Å². The Morgan fingerprint density at radius 2 is 2.14 bits per heavy atom. The van der Waals surface area contributed by atoms with Crippen LogP contribution in [0.1, 0.15) is 24.4 Å². The number of hydrogen-bond acceptors (Lipinski definition) is 4. The number of aliphatic carboxylic acids is 1. The lowest BCUT2D eigenvalue weighted by atomic mass is 10.1. The minimum Gasteiger partial charge on any atom is -0.479 e. The van der Waals surface area contributed by atoms with Crippen LogP contribution in [-0.2, 0) is 16.6 Å². The Morgan fingerprint density at radius 3 is 2.62 bits per heavy atom. The maximum atomic E-state index is 12.2. The average molecular weight is 296 g/mol. The highest BCUT2D eigenvalue weighted by molar-refractivity contribution is 5.83. The van der Waals surface area contributed by atoms with Crippen LogP contribution in [0.5, 0.6) is 0 Å². The molecule has 1 aliphatic heterocycles. The van der Waals surface area contributed by atoms with Gasteiger partial charge in [0.15, 0.2) is 6.04 Å². The summed E-state index contributed by atoms with van der Waals surface area (Å²) < 4.78 is 6.75. The van der Waals surface area contributed by atoms with Crippen LogP contribution in [0.15, 0.2) is 12.4 Å². The number of rotatable bonds is 4. The van der Waals surface area contributed by atoms with E-state index in [9.17, 15) is 14.7 Å². The summed E-state index contributed by atoms with van der Waals surface area (Å²) in [5.41, 5.74) is 0.449. The van der Waals surface area contributed by atoms with Crippen molar-refractivity contribution in [2.24, 2.45) is 7.05 Å². The Kier molecular flexibility index (Phi) is 4.79. The number of nitrogens with one attached hydrogen (secondary N) is 1. The number of likely N-dealkylation sites (tertiary alicyclic amines) is 1. The molecular weight excluding hydrogens is 276 g/mol. The van der Waals surface area contributed by atoms with Crippen molar-refractivity contribution in [3.05, 3.63) is 18.0 Å². The molecule has 2 N–H and O–H groups in total. The smallest absolute Gasteiger partial charge is 0.331 e. The monoisotopic (exact) mass is 296 g/mol. The van der Waals surface area contributed by atoms with Gasteiger partial charge in [-0.25, -0.2) is 9.59 Å². The van der Waals surface area contributed by atoms with Gasteiger partial charge in [0, 0.05) is 39.0 Å². The maximum Gasteiger partial charge on any atom is 0.331 e. The van der Waals surface area contributed by atoms with Crippen molar-refractivity contribution in [2.75, 3.05) is 20.2 Å². The number of piperidine rings is 1. The minimum atomic E-state index is -1.11. The molecule has 1 aliphatic rings. The van der Waals surface area contributed by atoms with Gasteiger partial charge in [-0.05, 0) is 12.8 Å².